The van der Waals surface area contributed by atoms with Gasteiger partial charge in [-0.2, -0.15) is 0 Å². The smallest absolute Gasteiger partial charge is 0.407 e. The van der Waals surface area contributed by atoms with Gasteiger partial charge in [0.1, 0.15) is 0 Å². The summed E-state index contributed by atoms with van der Waals surface area (Å²) in [4.78, 5) is 18.5. The Kier molecular flexibility index (Phi) is 7.20. The number of anilines is 1. The van der Waals surface area contributed by atoms with Gasteiger partial charge in [-0.15, -0.1) is 11.3 Å². The third-order valence-corrected chi connectivity index (χ3v) is 6.07. The Bertz CT molecular complexity index is 610. The number of carbonyl (C=O) groups is 1. The Morgan fingerprint density at radius 3 is 2.74 bits per heavy atom. The molecule has 1 unspecified atom stereocenters. The molecule has 1 atom stereocenters. The lowest BCUT2D eigenvalue weighted by atomic mass is 10.1. The second-order valence-corrected chi connectivity index (χ2v) is 8.04. The van der Waals surface area contributed by atoms with Crippen LogP contribution in [0.2, 0.25) is 0 Å². The molecule has 1 amide bonds. The Morgan fingerprint density at radius 2 is 2.15 bits per heavy atom. The molecule has 2 heterocycles. The molecular formula is C19H31N5O2S. The van der Waals surface area contributed by atoms with Crippen LogP contribution in [0.25, 0.3) is 0 Å². The van der Waals surface area contributed by atoms with Crippen LogP contribution in [0.5, 0.6) is 0 Å². The molecule has 2 aliphatic rings. The summed E-state index contributed by atoms with van der Waals surface area (Å²) in [5, 5.41) is 13.4. The number of rotatable bonds is 7. The molecule has 8 heteroatoms. The van der Waals surface area contributed by atoms with E-state index in [4.69, 9.17) is 4.74 Å². The number of nitrogens with zero attached hydrogens (tertiary/aromatic N) is 2. The van der Waals surface area contributed by atoms with Gasteiger partial charge in [-0.3, -0.25) is 4.99 Å². The van der Waals surface area contributed by atoms with Crippen molar-refractivity contribution < 1.29 is 9.53 Å². The average molecular weight is 394 g/mol. The van der Waals surface area contributed by atoms with Crippen LogP contribution in [0, 0.1) is 5.92 Å². The topological polar surface area (TPSA) is 78.0 Å². The van der Waals surface area contributed by atoms with Crippen LogP contribution in [0.3, 0.4) is 0 Å². The number of thiophene rings is 1. The summed E-state index contributed by atoms with van der Waals surface area (Å²) in [5.74, 6) is 1.34. The zero-order valence-electron chi connectivity index (χ0n) is 16.2. The van der Waals surface area contributed by atoms with E-state index in [1.54, 1.807) is 18.4 Å². The Labute approximate surface area is 165 Å². The number of amides is 1. The second kappa shape index (κ2) is 9.82. The Morgan fingerprint density at radius 1 is 1.37 bits per heavy atom. The second-order valence-electron chi connectivity index (χ2n) is 7.12. The third-order valence-electron chi connectivity index (χ3n) is 5.14. The minimum absolute atomic E-state index is 0.0864. The molecule has 1 aromatic rings. The number of hydrogen-bond acceptors (Lipinski definition) is 5. The summed E-state index contributed by atoms with van der Waals surface area (Å²) >= 11 is 1.80. The van der Waals surface area contributed by atoms with E-state index < -0.39 is 0 Å². The number of hydrogen-bond donors (Lipinski definition) is 3. The number of piperidine rings is 1. The standard InChI is InChI=1S/C19H31N5O2S/c1-3-26-19(25)23-16(14-6-7-14)13-21-18(20-2)22-15-8-10-24(11-9-15)17-5-4-12-27-17/h4-5,12,14-16H,3,6-11,13H2,1-2H3,(H,23,25)(H2,20,21,22). The van der Waals surface area contributed by atoms with Crippen molar-refractivity contribution >= 4 is 28.4 Å². The van der Waals surface area contributed by atoms with E-state index in [0.717, 1.165) is 44.7 Å². The number of aliphatic imine (C=N–C) groups is 1. The molecule has 0 bridgehead atoms. The van der Waals surface area contributed by atoms with Gasteiger partial charge in [0.05, 0.1) is 17.6 Å². The highest BCUT2D eigenvalue weighted by molar-refractivity contribution is 7.14. The number of alkyl carbamates (subject to hydrolysis) is 1. The quantitative estimate of drug-likeness (QED) is 0.490. The number of carbonyl (C=O) groups excluding carboxylic acids is 1. The molecule has 3 N–H and O–H groups in total. The molecule has 0 spiro atoms. The molecule has 27 heavy (non-hydrogen) atoms. The zero-order chi connectivity index (χ0) is 19.1. The van der Waals surface area contributed by atoms with Crippen molar-refractivity contribution in [3.63, 3.8) is 0 Å². The Hall–Kier alpha value is -1.96. The van der Waals surface area contributed by atoms with Crippen LogP contribution in [0.1, 0.15) is 32.6 Å². The van der Waals surface area contributed by atoms with Gasteiger partial charge in [0.2, 0.25) is 0 Å². The van der Waals surface area contributed by atoms with Gasteiger partial charge in [-0.25, -0.2) is 4.79 Å². The summed E-state index contributed by atoms with van der Waals surface area (Å²) in [7, 11) is 1.79. The monoisotopic (exact) mass is 393 g/mol. The maximum atomic E-state index is 11.7. The fourth-order valence-corrected chi connectivity index (χ4v) is 4.23. The highest BCUT2D eigenvalue weighted by Gasteiger charge is 2.32. The van der Waals surface area contributed by atoms with E-state index in [0.29, 0.717) is 25.1 Å². The maximum absolute atomic E-state index is 11.7. The van der Waals surface area contributed by atoms with Crippen molar-refractivity contribution in [1.82, 2.24) is 16.0 Å². The largest absolute Gasteiger partial charge is 0.450 e. The normalized spacial score (nSPS) is 19.5. The van der Waals surface area contributed by atoms with E-state index in [9.17, 15) is 4.79 Å². The van der Waals surface area contributed by atoms with Crippen LogP contribution in [-0.2, 0) is 4.74 Å². The number of ether oxygens (including phenoxy) is 1. The zero-order valence-corrected chi connectivity index (χ0v) is 17.1. The fraction of sp³-hybridized carbons (Fsp3) is 0.684. The fourth-order valence-electron chi connectivity index (χ4n) is 3.45. The van der Waals surface area contributed by atoms with Crippen LogP contribution >= 0.6 is 11.3 Å². The highest BCUT2D eigenvalue weighted by atomic mass is 32.1. The molecule has 1 aromatic heterocycles. The van der Waals surface area contributed by atoms with Crippen molar-refractivity contribution in [2.24, 2.45) is 10.9 Å². The van der Waals surface area contributed by atoms with Crippen molar-refractivity contribution in [2.75, 3.05) is 38.2 Å². The van der Waals surface area contributed by atoms with Crippen molar-refractivity contribution in [2.45, 2.75) is 44.7 Å². The molecule has 0 radical (unpaired) electrons. The number of guanidine groups is 1. The first kappa shape index (κ1) is 19.8. The molecule has 0 aromatic carbocycles. The van der Waals surface area contributed by atoms with Crippen molar-refractivity contribution in [3.05, 3.63) is 17.5 Å². The van der Waals surface area contributed by atoms with E-state index in [1.807, 2.05) is 6.92 Å². The third kappa shape index (κ3) is 6.02. The predicted molar refractivity (Wildman–Crippen MR) is 111 cm³/mol. The van der Waals surface area contributed by atoms with Gasteiger partial charge in [0.25, 0.3) is 0 Å². The summed E-state index contributed by atoms with van der Waals surface area (Å²) in [6.45, 7) is 5.00. The molecule has 2 fully saturated rings. The van der Waals surface area contributed by atoms with Gasteiger partial charge in [0.15, 0.2) is 5.96 Å². The van der Waals surface area contributed by atoms with Crippen molar-refractivity contribution in [1.29, 1.82) is 0 Å². The van der Waals surface area contributed by atoms with E-state index >= 15 is 0 Å². The molecule has 1 aliphatic heterocycles. The first-order valence-electron chi connectivity index (χ1n) is 9.88. The maximum Gasteiger partial charge on any atom is 0.407 e. The Balaban J connectivity index is 1.42. The van der Waals surface area contributed by atoms with E-state index in [2.05, 4.69) is 43.4 Å². The minimum atomic E-state index is -0.333. The lowest BCUT2D eigenvalue weighted by Gasteiger charge is -2.33. The van der Waals surface area contributed by atoms with Crippen molar-refractivity contribution in [3.8, 4) is 0 Å². The lowest BCUT2D eigenvalue weighted by molar-refractivity contribution is 0.146. The first-order valence-corrected chi connectivity index (χ1v) is 10.8. The highest BCUT2D eigenvalue weighted by Crippen LogP contribution is 2.32. The SMILES string of the molecule is CCOC(=O)NC(CNC(=NC)NC1CCN(c2cccs2)CC1)C1CC1. The van der Waals surface area contributed by atoms with Gasteiger partial charge < -0.3 is 25.6 Å². The van der Waals surface area contributed by atoms with Crippen LogP contribution < -0.4 is 20.9 Å². The van der Waals surface area contributed by atoms with Crippen LogP contribution in [0.15, 0.2) is 22.5 Å². The summed E-state index contributed by atoms with van der Waals surface area (Å²) in [5.41, 5.74) is 0. The van der Waals surface area contributed by atoms with Gasteiger partial charge in [0, 0.05) is 32.7 Å². The van der Waals surface area contributed by atoms with Gasteiger partial charge in [-0.05, 0) is 56.0 Å². The predicted octanol–water partition coefficient (Wildman–Crippen LogP) is 2.41. The van der Waals surface area contributed by atoms with E-state index in [1.165, 1.54) is 5.00 Å². The molecule has 1 aliphatic carbocycles. The minimum Gasteiger partial charge on any atom is -0.450 e. The molecule has 1 saturated carbocycles. The van der Waals surface area contributed by atoms with Crippen LogP contribution in [-0.4, -0.2) is 57.4 Å². The summed E-state index contributed by atoms with van der Waals surface area (Å²) in [6.07, 6.45) is 4.16. The molecular weight excluding hydrogens is 362 g/mol. The summed E-state index contributed by atoms with van der Waals surface area (Å²) in [6, 6.07) is 4.80. The number of nitrogens with one attached hydrogen (secondary N) is 3. The lowest BCUT2D eigenvalue weighted by Crippen LogP contribution is -2.52. The summed E-state index contributed by atoms with van der Waals surface area (Å²) < 4.78 is 5.02. The average Bonchev–Trinajstić information content (AvgIpc) is 3.38. The molecule has 3 rings (SSSR count). The molecule has 7 nitrogen and oxygen atoms in total. The first-order chi connectivity index (χ1) is 13.2. The molecule has 1 saturated heterocycles. The van der Waals surface area contributed by atoms with Crippen LogP contribution in [0.4, 0.5) is 9.80 Å². The van der Waals surface area contributed by atoms with Gasteiger partial charge >= 0.3 is 6.09 Å². The molecule has 150 valence electrons. The van der Waals surface area contributed by atoms with Gasteiger partial charge in [-0.1, -0.05) is 0 Å². The van der Waals surface area contributed by atoms with E-state index in [-0.39, 0.29) is 12.1 Å².